The van der Waals surface area contributed by atoms with Crippen LogP contribution in [-0.4, -0.2) is 12.1 Å². The summed E-state index contributed by atoms with van der Waals surface area (Å²) in [6, 6.07) is 9.86. The first-order valence-electron chi connectivity index (χ1n) is 6.42. The maximum absolute atomic E-state index is 9.48. The number of nitrogen functional groups attached to an aromatic ring is 1. The van der Waals surface area contributed by atoms with Gasteiger partial charge in [-0.3, -0.25) is 0 Å². The van der Waals surface area contributed by atoms with Crippen molar-refractivity contribution in [2.45, 2.75) is 12.8 Å². The molecule has 1 atom stereocenters. The molecule has 2 heterocycles. The predicted molar refractivity (Wildman–Crippen MR) is 77.7 cm³/mol. The second-order valence-electron chi connectivity index (χ2n) is 4.75. The molecule has 6 heteroatoms. The van der Waals surface area contributed by atoms with E-state index >= 15 is 0 Å². The van der Waals surface area contributed by atoms with Gasteiger partial charge >= 0.3 is 0 Å². The molecule has 0 bridgehead atoms. The lowest BCUT2D eigenvalue weighted by Gasteiger charge is -2.23. The van der Waals surface area contributed by atoms with Crippen LogP contribution in [0.4, 0.5) is 11.9 Å². The van der Waals surface area contributed by atoms with Crippen LogP contribution in [0.1, 0.15) is 24.1 Å². The minimum absolute atomic E-state index is 0.0763. The third-order valence-corrected chi connectivity index (χ3v) is 3.48. The second-order valence-corrected chi connectivity index (χ2v) is 4.75. The van der Waals surface area contributed by atoms with Crippen LogP contribution in [0.15, 0.2) is 40.0 Å². The number of nitrogens with two attached hydrogens (primary N) is 1. The first-order chi connectivity index (χ1) is 10.1. The second kappa shape index (κ2) is 4.87. The molecule has 1 aliphatic rings. The molecule has 0 radical (unpaired) electrons. The molecule has 106 valence electrons. The number of anilines is 2. The summed E-state index contributed by atoms with van der Waals surface area (Å²) in [4.78, 5) is 4.22. The van der Waals surface area contributed by atoms with E-state index in [0.29, 0.717) is 17.2 Å². The average molecular weight is 282 g/mol. The minimum Gasteiger partial charge on any atom is -0.497 e. The van der Waals surface area contributed by atoms with Crippen LogP contribution in [0.2, 0.25) is 0 Å². The third kappa shape index (κ3) is 2.09. The van der Waals surface area contributed by atoms with Crippen LogP contribution in [0, 0.1) is 11.3 Å². The van der Waals surface area contributed by atoms with E-state index in [9.17, 15) is 5.26 Å². The molecule has 1 aromatic carbocycles. The van der Waals surface area contributed by atoms with Crippen LogP contribution < -0.4 is 15.8 Å². The van der Waals surface area contributed by atoms with Gasteiger partial charge in [0.25, 0.3) is 6.01 Å². The normalized spacial score (nSPS) is 16.9. The third-order valence-electron chi connectivity index (χ3n) is 3.48. The number of nitriles is 1. The minimum atomic E-state index is -0.317. The molecule has 21 heavy (non-hydrogen) atoms. The highest BCUT2D eigenvalue weighted by Crippen LogP contribution is 2.42. The fraction of sp³-hybridized carbons (Fsp3) is 0.200. The molecule has 3 N–H and O–H groups in total. The number of methoxy groups -OCH3 is 1. The largest absolute Gasteiger partial charge is 0.497 e. The molecule has 1 aliphatic heterocycles. The molecule has 0 aliphatic carbocycles. The number of rotatable bonds is 2. The van der Waals surface area contributed by atoms with Crippen molar-refractivity contribution in [1.29, 1.82) is 5.26 Å². The summed E-state index contributed by atoms with van der Waals surface area (Å²) in [6.07, 6.45) is 0. The summed E-state index contributed by atoms with van der Waals surface area (Å²) in [5.41, 5.74) is 8.48. The quantitative estimate of drug-likeness (QED) is 0.878. The monoisotopic (exact) mass is 282 g/mol. The number of allylic oxidation sites excluding steroid dienone is 2. The van der Waals surface area contributed by atoms with E-state index in [1.165, 1.54) is 0 Å². The maximum atomic E-state index is 9.48. The van der Waals surface area contributed by atoms with E-state index in [2.05, 4.69) is 16.4 Å². The number of ether oxygens (including phenoxy) is 1. The molecule has 0 fully saturated rings. The van der Waals surface area contributed by atoms with Crippen molar-refractivity contribution in [3.8, 4) is 11.8 Å². The lowest BCUT2D eigenvalue weighted by atomic mass is 9.86. The molecule has 0 spiro atoms. The summed E-state index contributed by atoms with van der Waals surface area (Å²) in [5, 5.41) is 12.5. The van der Waals surface area contributed by atoms with Gasteiger partial charge in [-0.15, -0.1) is 0 Å². The molecule has 1 unspecified atom stereocenters. The standard InChI is InChI=1S/C15H14N4O2/c1-8-11(7-16)12(9-4-3-5-10(6-9)20-2)13-14(18-8)21-15(17)19-13/h3-6,12,18H,1-2H3,(H2,17,19). The molecule has 0 saturated heterocycles. The lowest BCUT2D eigenvalue weighted by molar-refractivity contribution is 0.414. The summed E-state index contributed by atoms with van der Waals surface area (Å²) in [5.74, 6) is 0.887. The van der Waals surface area contributed by atoms with E-state index in [0.717, 1.165) is 17.0 Å². The van der Waals surface area contributed by atoms with Gasteiger partial charge in [-0.25, -0.2) is 0 Å². The number of benzene rings is 1. The Labute approximate surface area is 121 Å². The van der Waals surface area contributed by atoms with Crippen molar-refractivity contribution in [3.05, 3.63) is 46.8 Å². The average Bonchev–Trinajstić information content (AvgIpc) is 2.85. The van der Waals surface area contributed by atoms with Crippen LogP contribution >= 0.6 is 0 Å². The fourth-order valence-corrected chi connectivity index (χ4v) is 2.52. The van der Waals surface area contributed by atoms with Gasteiger partial charge in [-0.1, -0.05) is 12.1 Å². The van der Waals surface area contributed by atoms with Gasteiger partial charge < -0.3 is 20.2 Å². The molecule has 0 saturated carbocycles. The van der Waals surface area contributed by atoms with Crippen LogP contribution in [0.3, 0.4) is 0 Å². The van der Waals surface area contributed by atoms with Gasteiger partial charge in [0.2, 0.25) is 5.88 Å². The van der Waals surface area contributed by atoms with E-state index in [1.54, 1.807) is 7.11 Å². The first-order valence-corrected chi connectivity index (χ1v) is 6.42. The van der Waals surface area contributed by atoms with Crippen molar-refractivity contribution in [1.82, 2.24) is 4.98 Å². The Morgan fingerprint density at radius 3 is 3.00 bits per heavy atom. The Morgan fingerprint density at radius 2 is 2.29 bits per heavy atom. The highest BCUT2D eigenvalue weighted by atomic mass is 16.5. The molecular weight excluding hydrogens is 268 g/mol. The van der Waals surface area contributed by atoms with Crippen LogP contribution in [0.5, 0.6) is 5.75 Å². The number of fused-ring (bicyclic) bond motifs is 1. The Hall–Kier alpha value is -2.94. The van der Waals surface area contributed by atoms with E-state index < -0.39 is 0 Å². The molecule has 0 amide bonds. The molecule has 1 aromatic heterocycles. The van der Waals surface area contributed by atoms with Gasteiger partial charge in [-0.2, -0.15) is 10.2 Å². The van der Waals surface area contributed by atoms with Gasteiger partial charge in [0.15, 0.2) is 0 Å². The van der Waals surface area contributed by atoms with Crippen LogP contribution in [0.25, 0.3) is 0 Å². The Bertz CT molecular complexity index is 770. The van der Waals surface area contributed by atoms with Gasteiger partial charge in [0, 0.05) is 5.70 Å². The number of hydrogen-bond donors (Lipinski definition) is 2. The maximum Gasteiger partial charge on any atom is 0.294 e. The molecular formula is C15H14N4O2. The number of nitrogens with zero attached hydrogens (tertiary/aromatic N) is 2. The molecule has 6 nitrogen and oxygen atoms in total. The zero-order valence-electron chi connectivity index (χ0n) is 11.7. The molecule has 3 rings (SSSR count). The zero-order chi connectivity index (χ0) is 15.0. The Morgan fingerprint density at radius 1 is 1.48 bits per heavy atom. The van der Waals surface area contributed by atoms with Gasteiger partial charge in [0.05, 0.1) is 24.7 Å². The van der Waals surface area contributed by atoms with Gasteiger partial charge in [-0.05, 0) is 24.6 Å². The SMILES string of the molecule is COc1cccc(C2C(C#N)=C(C)Nc3oc(N)nc32)c1. The summed E-state index contributed by atoms with van der Waals surface area (Å²) in [6.45, 7) is 1.83. The highest BCUT2D eigenvalue weighted by molar-refractivity contribution is 5.62. The van der Waals surface area contributed by atoms with Crippen molar-refractivity contribution in [3.63, 3.8) is 0 Å². The van der Waals surface area contributed by atoms with Crippen molar-refractivity contribution >= 4 is 11.9 Å². The highest BCUT2D eigenvalue weighted by Gasteiger charge is 2.32. The number of oxazole rings is 1. The molecule has 2 aromatic rings. The van der Waals surface area contributed by atoms with E-state index in [-0.39, 0.29) is 11.9 Å². The number of nitrogens with one attached hydrogen (secondary N) is 1. The fourth-order valence-electron chi connectivity index (χ4n) is 2.52. The summed E-state index contributed by atoms with van der Waals surface area (Å²) in [7, 11) is 1.60. The van der Waals surface area contributed by atoms with Crippen molar-refractivity contribution in [2.24, 2.45) is 0 Å². The first kappa shape index (κ1) is 13.1. The van der Waals surface area contributed by atoms with Crippen molar-refractivity contribution < 1.29 is 9.15 Å². The van der Waals surface area contributed by atoms with E-state index in [4.69, 9.17) is 14.9 Å². The van der Waals surface area contributed by atoms with E-state index in [1.807, 2.05) is 31.2 Å². The zero-order valence-corrected chi connectivity index (χ0v) is 11.7. The van der Waals surface area contributed by atoms with Gasteiger partial charge in [0.1, 0.15) is 11.4 Å². The summed E-state index contributed by atoms with van der Waals surface area (Å²) >= 11 is 0. The predicted octanol–water partition coefficient (Wildman–Crippen LogP) is 2.62. The smallest absolute Gasteiger partial charge is 0.294 e. The van der Waals surface area contributed by atoms with Crippen LogP contribution in [-0.2, 0) is 0 Å². The summed E-state index contributed by atoms with van der Waals surface area (Å²) < 4.78 is 10.6. The number of hydrogen-bond acceptors (Lipinski definition) is 6. The van der Waals surface area contributed by atoms with Crippen molar-refractivity contribution in [2.75, 3.05) is 18.2 Å². The number of aromatic nitrogens is 1. The topological polar surface area (TPSA) is 97.1 Å². The lowest BCUT2D eigenvalue weighted by Crippen LogP contribution is -2.16. The Balaban J connectivity index is 2.19. The Kier molecular flexibility index (Phi) is 3.03.